The van der Waals surface area contributed by atoms with Gasteiger partial charge < -0.3 is 25.0 Å². The first kappa shape index (κ1) is 29.0. The summed E-state index contributed by atoms with van der Waals surface area (Å²) in [6.07, 6.45) is 1.98. The number of halogens is 1. The van der Waals surface area contributed by atoms with Crippen molar-refractivity contribution in [3.8, 4) is 11.1 Å². The van der Waals surface area contributed by atoms with Gasteiger partial charge in [0.15, 0.2) is 0 Å². The summed E-state index contributed by atoms with van der Waals surface area (Å²) in [5.74, 6) is 0.475. The van der Waals surface area contributed by atoms with Crippen LogP contribution in [0, 0.1) is 5.82 Å². The van der Waals surface area contributed by atoms with E-state index in [1.807, 2.05) is 30.5 Å². The predicted octanol–water partition coefficient (Wildman–Crippen LogP) is 3.89. The minimum atomic E-state index is -4.06. The summed E-state index contributed by atoms with van der Waals surface area (Å²) in [4.78, 5) is 9.23. The Morgan fingerprint density at radius 3 is 2.34 bits per heavy atom. The molecule has 0 radical (unpaired) electrons. The molecule has 1 aromatic heterocycles. The normalized spacial score (nSPS) is 21.0. The molecule has 9 nitrogen and oxygen atoms in total. The van der Waals surface area contributed by atoms with Crippen molar-refractivity contribution in [2.45, 2.75) is 37.2 Å². The van der Waals surface area contributed by atoms with E-state index >= 15 is 0 Å². The Labute approximate surface area is 240 Å². The lowest BCUT2D eigenvalue weighted by Gasteiger charge is -2.38. The van der Waals surface area contributed by atoms with Crippen molar-refractivity contribution >= 4 is 21.9 Å². The molecular weight excluding hydrogens is 545 g/mol. The van der Waals surface area contributed by atoms with Crippen LogP contribution >= 0.6 is 0 Å². The molecule has 0 saturated carbocycles. The molecule has 41 heavy (non-hydrogen) atoms. The zero-order valence-electron chi connectivity index (χ0n) is 23.5. The number of benzene rings is 2. The molecule has 2 aromatic carbocycles. The van der Waals surface area contributed by atoms with E-state index in [9.17, 15) is 17.9 Å². The number of anilines is 1. The number of sulfonamides is 1. The van der Waals surface area contributed by atoms with Crippen LogP contribution in [0.4, 0.5) is 10.2 Å². The number of ether oxygens (including phenoxy) is 1. The number of aliphatic hydroxyl groups excluding tert-OH is 1. The second-order valence-electron chi connectivity index (χ2n) is 11.0. The summed E-state index contributed by atoms with van der Waals surface area (Å²) in [6.45, 7) is 7.02. The fourth-order valence-electron chi connectivity index (χ4n) is 5.45. The van der Waals surface area contributed by atoms with E-state index in [1.165, 1.54) is 6.07 Å². The third kappa shape index (κ3) is 6.37. The zero-order valence-corrected chi connectivity index (χ0v) is 24.3. The SMILES string of the molecule is CN1CCN(c2ccc(-c3ccc(C4C(C)(C)OC(N[C@@H](CCO)c5ccccc5F)=NS4(=O)=O)cc3)cn2)CC1. The Morgan fingerprint density at radius 2 is 1.73 bits per heavy atom. The second kappa shape index (κ2) is 11.8. The van der Waals surface area contributed by atoms with E-state index in [-0.39, 0.29) is 24.6 Å². The number of nitrogens with zero attached hydrogens (tertiary/aromatic N) is 4. The van der Waals surface area contributed by atoms with Crippen molar-refractivity contribution in [2.75, 3.05) is 44.7 Å². The fourth-order valence-corrected chi connectivity index (χ4v) is 7.14. The van der Waals surface area contributed by atoms with E-state index in [0.717, 1.165) is 43.1 Å². The zero-order chi connectivity index (χ0) is 29.2. The maximum Gasteiger partial charge on any atom is 0.301 e. The molecule has 2 atom stereocenters. The van der Waals surface area contributed by atoms with Crippen molar-refractivity contribution in [1.29, 1.82) is 0 Å². The summed E-state index contributed by atoms with van der Waals surface area (Å²) in [5.41, 5.74) is 1.50. The first-order chi connectivity index (χ1) is 19.6. The number of likely N-dealkylation sites (N-methyl/N-ethyl adjacent to an activating group) is 1. The molecule has 2 aliphatic rings. The first-order valence-electron chi connectivity index (χ1n) is 13.7. The lowest BCUT2D eigenvalue weighted by molar-refractivity contribution is 0.0759. The van der Waals surface area contributed by atoms with Crippen LogP contribution in [0.3, 0.4) is 0 Å². The van der Waals surface area contributed by atoms with Gasteiger partial charge in [-0.3, -0.25) is 0 Å². The largest absolute Gasteiger partial charge is 0.457 e. The van der Waals surface area contributed by atoms with Crippen LogP contribution in [0.5, 0.6) is 0 Å². The van der Waals surface area contributed by atoms with Crippen molar-refractivity contribution in [2.24, 2.45) is 4.40 Å². The number of piperazine rings is 1. The Hall–Kier alpha value is -3.54. The molecule has 0 spiro atoms. The quantitative estimate of drug-likeness (QED) is 0.433. The first-order valence-corrected chi connectivity index (χ1v) is 15.2. The van der Waals surface area contributed by atoms with Gasteiger partial charge in [-0.1, -0.05) is 42.5 Å². The van der Waals surface area contributed by atoms with Crippen molar-refractivity contribution < 1.29 is 22.7 Å². The van der Waals surface area contributed by atoms with E-state index in [2.05, 4.69) is 31.5 Å². The molecule has 1 fully saturated rings. The lowest BCUT2D eigenvalue weighted by atomic mass is 9.95. The number of amidine groups is 1. The Balaban J connectivity index is 1.34. The maximum atomic E-state index is 14.4. The minimum absolute atomic E-state index is 0.139. The number of hydrogen-bond acceptors (Lipinski definition) is 8. The van der Waals surface area contributed by atoms with Crippen molar-refractivity contribution in [1.82, 2.24) is 15.2 Å². The highest BCUT2D eigenvalue weighted by atomic mass is 32.2. The third-order valence-electron chi connectivity index (χ3n) is 7.62. The molecule has 218 valence electrons. The Kier molecular flexibility index (Phi) is 8.30. The molecule has 3 aromatic rings. The van der Waals surface area contributed by atoms with Gasteiger partial charge in [0.05, 0.1) is 6.04 Å². The van der Waals surface area contributed by atoms with E-state index < -0.39 is 32.7 Å². The number of aromatic nitrogens is 1. The van der Waals surface area contributed by atoms with Crippen LogP contribution in [-0.2, 0) is 14.8 Å². The molecular formula is C30H36FN5O4S. The van der Waals surface area contributed by atoms with Crippen LogP contribution in [0.15, 0.2) is 71.3 Å². The predicted molar refractivity (Wildman–Crippen MR) is 158 cm³/mol. The molecule has 1 saturated heterocycles. The topological polar surface area (TPSA) is 107 Å². The molecule has 0 aliphatic carbocycles. The van der Waals surface area contributed by atoms with Crippen molar-refractivity contribution in [3.05, 3.63) is 83.8 Å². The van der Waals surface area contributed by atoms with Crippen LogP contribution < -0.4 is 10.2 Å². The standard InChI is InChI=1S/C30H36FN5O4S/c1-30(2)28(41(38,39)34-29(40-30)33-26(14-19-37)24-6-4-5-7-25(24)31)22-10-8-21(9-11-22)23-12-13-27(32-20-23)36-17-15-35(3)16-18-36/h4-13,20,26,28,37H,14-19H2,1-3H3,(H,33,34)/t26-,28?/m0/s1. The van der Waals surface area contributed by atoms with Crippen molar-refractivity contribution in [3.63, 3.8) is 0 Å². The Bertz CT molecular complexity index is 1490. The highest BCUT2D eigenvalue weighted by Crippen LogP contribution is 2.41. The molecule has 0 bridgehead atoms. The summed E-state index contributed by atoms with van der Waals surface area (Å²) < 4.78 is 51.3. The lowest BCUT2D eigenvalue weighted by Crippen LogP contribution is -2.47. The molecule has 0 amide bonds. The molecule has 5 rings (SSSR count). The number of nitrogens with one attached hydrogen (secondary N) is 1. The summed E-state index contributed by atoms with van der Waals surface area (Å²) >= 11 is 0. The maximum absolute atomic E-state index is 14.4. The average Bonchev–Trinajstić information content (AvgIpc) is 2.93. The smallest absolute Gasteiger partial charge is 0.301 e. The summed E-state index contributed by atoms with van der Waals surface area (Å²) in [6, 6.07) is 16.5. The van der Waals surface area contributed by atoms with Gasteiger partial charge in [0.25, 0.3) is 10.0 Å². The van der Waals surface area contributed by atoms with Gasteiger partial charge in [0, 0.05) is 50.1 Å². The van der Waals surface area contributed by atoms with Crippen LogP contribution in [0.2, 0.25) is 0 Å². The van der Waals surface area contributed by atoms with Gasteiger partial charge >= 0.3 is 6.02 Å². The van der Waals surface area contributed by atoms with Crippen LogP contribution in [-0.4, -0.2) is 74.9 Å². The van der Waals surface area contributed by atoms with E-state index in [4.69, 9.17) is 4.74 Å². The number of rotatable bonds is 7. The van der Waals surface area contributed by atoms with Crippen LogP contribution in [0.25, 0.3) is 11.1 Å². The minimum Gasteiger partial charge on any atom is -0.457 e. The summed E-state index contributed by atoms with van der Waals surface area (Å²) in [5, 5.41) is 11.4. The Morgan fingerprint density at radius 1 is 1.05 bits per heavy atom. The van der Waals surface area contributed by atoms with E-state index in [1.54, 1.807) is 44.2 Å². The number of aliphatic hydroxyl groups is 1. The second-order valence-corrected chi connectivity index (χ2v) is 12.7. The molecule has 3 heterocycles. The van der Waals surface area contributed by atoms with Crippen LogP contribution in [0.1, 0.15) is 42.7 Å². The highest BCUT2D eigenvalue weighted by Gasteiger charge is 2.47. The summed E-state index contributed by atoms with van der Waals surface area (Å²) in [7, 11) is -1.94. The molecule has 1 unspecified atom stereocenters. The van der Waals surface area contributed by atoms with Gasteiger partial charge in [-0.15, -0.1) is 4.40 Å². The molecule has 2 aliphatic heterocycles. The monoisotopic (exact) mass is 581 g/mol. The van der Waals surface area contributed by atoms with Gasteiger partial charge in [-0.05, 0) is 56.6 Å². The number of pyridine rings is 1. The molecule has 2 N–H and O–H groups in total. The highest BCUT2D eigenvalue weighted by molar-refractivity contribution is 7.90. The molecule has 11 heteroatoms. The van der Waals surface area contributed by atoms with Gasteiger partial charge in [0.1, 0.15) is 22.5 Å². The number of hydrogen-bond donors (Lipinski definition) is 2. The van der Waals surface area contributed by atoms with Gasteiger partial charge in [0.2, 0.25) is 0 Å². The van der Waals surface area contributed by atoms with Gasteiger partial charge in [-0.25, -0.2) is 17.8 Å². The third-order valence-corrected chi connectivity index (χ3v) is 9.47. The van der Waals surface area contributed by atoms with E-state index in [0.29, 0.717) is 5.56 Å². The van der Waals surface area contributed by atoms with Gasteiger partial charge in [-0.2, -0.15) is 0 Å². The average molecular weight is 582 g/mol. The fraction of sp³-hybridized carbons (Fsp3) is 0.400.